The van der Waals surface area contributed by atoms with Crippen LogP contribution in [-0.2, 0) is 0 Å². The van der Waals surface area contributed by atoms with Crippen molar-refractivity contribution in [1.82, 2.24) is 9.97 Å². The molecule has 0 aliphatic rings. The van der Waals surface area contributed by atoms with E-state index < -0.39 is 0 Å². The summed E-state index contributed by atoms with van der Waals surface area (Å²) in [6, 6.07) is 11.9. The molecule has 0 radical (unpaired) electrons. The van der Waals surface area contributed by atoms with Gasteiger partial charge in [-0.25, -0.2) is 4.98 Å². The number of benzene rings is 1. The molecule has 0 bridgehead atoms. The molecule has 0 saturated heterocycles. The molecule has 1 aromatic carbocycles. The van der Waals surface area contributed by atoms with E-state index in [-0.39, 0.29) is 0 Å². The van der Waals surface area contributed by atoms with Crippen LogP contribution >= 0.6 is 11.6 Å². The van der Waals surface area contributed by atoms with Gasteiger partial charge in [0.15, 0.2) is 0 Å². The highest BCUT2D eigenvalue weighted by Crippen LogP contribution is 2.36. The van der Waals surface area contributed by atoms with Crippen LogP contribution < -0.4 is 0 Å². The Bertz CT molecular complexity index is 858. The van der Waals surface area contributed by atoms with Crippen LogP contribution in [0.1, 0.15) is 0 Å². The van der Waals surface area contributed by atoms with Gasteiger partial charge in [0, 0.05) is 28.7 Å². The molecule has 4 heteroatoms. The maximum Gasteiger partial charge on any atom is 0.138 e. The van der Waals surface area contributed by atoms with E-state index in [1.807, 2.05) is 42.6 Å². The van der Waals surface area contributed by atoms with E-state index in [9.17, 15) is 0 Å². The van der Waals surface area contributed by atoms with E-state index in [1.165, 1.54) is 0 Å². The van der Waals surface area contributed by atoms with Crippen LogP contribution in [0, 0.1) is 0 Å². The molecule has 0 aliphatic heterocycles. The molecule has 4 rings (SSSR count). The average Bonchev–Trinajstić information content (AvgIpc) is 3.03. The minimum absolute atomic E-state index is 0.589. The summed E-state index contributed by atoms with van der Waals surface area (Å²) in [7, 11) is 0. The molecule has 4 aromatic rings. The Balaban J connectivity index is 2.08. The van der Waals surface area contributed by atoms with Gasteiger partial charge >= 0.3 is 0 Å². The standard InChI is InChI=1S/C15H9ClN2O/c16-11-8-18-15-10(5-6-17-15)14(11)13-7-9-3-1-2-4-12(9)19-13/h1-8H,(H,17,18). The molecule has 3 nitrogen and oxygen atoms in total. The third-order valence-electron chi connectivity index (χ3n) is 3.21. The van der Waals surface area contributed by atoms with Crippen LogP contribution in [0.4, 0.5) is 0 Å². The van der Waals surface area contributed by atoms with Gasteiger partial charge in [0.2, 0.25) is 0 Å². The van der Waals surface area contributed by atoms with E-state index in [1.54, 1.807) is 6.20 Å². The van der Waals surface area contributed by atoms with Crippen molar-refractivity contribution in [3.8, 4) is 11.3 Å². The van der Waals surface area contributed by atoms with Crippen molar-refractivity contribution in [3.05, 3.63) is 53.8 Å². The molecule has 19 heavy (non-hydrogen) atoms. The van der Waals surface area contributed by atoms with Gasteiger partial charge < -0.3 is 9.40 Å². The van der Waals surface area contributed by atoms with E-state index in [2.05, 4.69) is 9.97 Å². The molecule has 3 aromatic heterocycles. The van der Waals surface area contributed by atoms with Gasteiger partial charge in [0.1, 0.15) is 17.0 Å². The molecule has 0 atom stereocenters. The third kappa shape index (κ3) is 1.55. The van der Waals surface area contributed by atoms with Crippen LogP contribution in [0.3, 0.4) is 0 Å². The highest BCUT2D eigenvalue weighted by atomic mass is 35.5. The number of fused-ring (bicyclic) bond motifs is 2. The zero-order valence-electron chi connectivity index (χ0n) is 9.85. The minimum atomic E-state index is 0.589. The summed E-state index contributed by atoms with van der Waals surface area (Å²) in [4.78, 5) is 7.33. The predicted octanol–water partition coefficient (Wildman–Crippen LogP) is 4.63. The number of hydrogen-bond donors (Lipinski definition) is 1. The number of para-hydroxylation sites is 1. The fourth-order valence-corrected chi connectivity index (χ4v) is 2.58. The highest BCUT2D eigenvalue weighted by molar-refractivity contribution is 6.34. The number of furan rings is 1. The first-order valence-electron chi connectivity index (χ1n) is 5.93. The first kappa shape index (κ1) is 10.6. The maximum atomic E-state index is 6.29. The zero-order chi connectivity index (χ0) is 12.8. The molecular weight excluding hydrogens is 260 g/mol. The molecule has 92 valence electrons. The Morgan fingerprint density at radius 3 is 2.95 bits per heavy atom. The summed E-state index contributed by atoms with van der Waals surface area (Å²) < 4.78 is 5.89. The molecule has 0 saturated carbocycles. The first-order chi connectivity index (χ1) is 9.33. The molecule has 1 N–H and O–H groups in total. The van der Waals surface area contributed by atoms with Gasteiger partial charge in [-0.3, -0.25) is 0 Å². The van der Waals surface area contributed by atoms with Crippen molar-refractivity contribution < 1.29 is 4.42 Å². The van der Waals surface area contributed by atoms with Crippen LogP contribution in [0.5, 0.6) is 0 Å². The minimum Gasteiger partial charge on any atom is -0.456 e. The second kappa shape index (κ2) is 3.87. The van der Waals surface area contributed by atoms with Crippen molar-refractivity contribution in [1.29, 1.82) is 0 Å². The molecule has 0 aliphatic carbocycles. The lowest BCUT2D eigenvalue weighted by Crippen LogP contribution is -1.82. The number of H-pyrrole nitrogens is 1. The number of pyridine rings is 1. The van der Waals surface area contributed by atoms with Crippen LogP contribution in [0.2, 0.25) is 5.02 Å². The molecule has 0 amide bonds. The van der Waals surface area contributed by atoms with Crippen LogP contribution in [-0.4, -0.2) is 9.97 Å². The molecule has 0 spiro atoms. The van der Waals surface area contributed by atoms with Crippen molar-refractivity contribution >= 4 is 33.6 Å². The summed E-state index contributed by atoms with van der Waals surface area (Å²) in [5.74, 6) is 0.762. The summed E-state index contributed by atoms with van der Waals surface area (Å²) in [5.41, 5.74) is 2.54. The predicted molar refractivity (Wildman–Crippen MR) is 76.3 cm³/mol. The highest BCUT2D eigenvalue weighted by Gasteiger charge is 2.14. The monoisotopic (exact) mass is 268 g/mol. The number of rotatable bonds is 1. The Labute approximate surface area is 113 Å². The number of aromatic nitrogens is 2. The van der Waals surface area contributed by atoms with Gasteiger partial charge in [-0.15, -0.1) is 0 Å². The molecule has 3 heterocycles. The Hall–Kier alpha value is -2.26. The maximum absolute atomic E-state index is 6.29. The lowest BCUT2D eigenvalue weighted by molar-refractivity contribution is 0.632. The first-order valence-corrected chi connectivity index (χ1v) is 6.31. The molecule has 0 fully saturated rings. The van der Waals surface area contributed by atoms with Gasteiger partial charge in [0.05, 0.1) is 5.02 Å². The second-order valence-corrected chi connectivity index (χ2v) is 4.78. The van der Waals surface area contributed by atoms with Crippen LogP contribution in [0.15, 0.2) is 53.2 Å². The van der Waals surface area contributed by atoms with E-state index >= 15 is 0 Å². The van der Waals surface area contributed by atoms with E-state index in [0.717, 1.165) is 33.3 Å². The fourth-order valence-electron chi connectivity index (χ4n) is 2.34. The number of aromatic amines is 1. The zero-order valence-corrected chi connectivity index (χ0v) is 10.6. The van der Waals surface area contributed by atoms with Crippen LogP contribution in [0.25, 0.3) is 33.3 Å². The van der Waals surface area contributed by atoms with Gasteiger partial charge in [0.25, 0.3) is 0 Å². The Morgan fingerprint density at radius 2 is 2.05 bits per heavy atom. The largest absolute Gasteiger partial charge is 0.456 e. The van der Waals surface area contributed by atoms with Crippen molar-refractivity contribution in [2.45, 2.75) is 0 Å². The summed E-state index contributed by atoms with van der Waals surface area (Å²) in [6.45, 7) is 0. The second-order valence-electron chi connectivity index (χ2n) is 4.37. The van der Waals surface area contributed by atoms with E-state index in [4.69, 9.17) is 16.0 Å². The average molecular weight is 269 g/mol. The summed E-state index contributed by atoms with van der Waals surface area (Å²) in [6.07, 6.45) is 3.49. The number of hydrogen-bond acceptors (Lipinski definition) is 2. The van der Waals surface area contributed by atoms with Crippen molar-refractivity contribution in [2.24, 2.45) is 0 Å². The smallest absolute Gasteiger partial charge is 0.138 e. The lowest BCUT2D eigenvalue weighted by atomic mass is 10.1. The number of nitrogens with zero attached hydrogens (tertiary/aromatic N) is 1. The van der Waals surface area contributed by atoms with Crippen molar-refractivity contribution in [3.63, 3.8) is 0 Å². The number of halogens is 1. The Kier molecular flexibility index (Phi) is 2.17. The van der Waals surface area contributed by atoms with Crippen molar-refractivity contribution in [2.75, 3.05) is 0 Å². The normalized spacial score (nSPS) is 11.4. The SMILES string of the molecule is Clc1cnc2[nH]ccc2c1-c1cc2ccccc2o1. The van der Waals surface area contributed by atoms with Gasteiger partial charge in [-0.2, -0.15) is 0 Å². The summed E-state index contributed by atoms with van der Waals surface area (Å²) in [5, 5.41) is 2.62. The fraction of sp³-hybridized carbons (Fsp3) is 0. The summed E-state index contributed by atoms with van der Waals surface area (Å²) >= 11 is 6.29. The van der Waals surface area contributed by atoms with Gasteiger partial charge in [-0.1, -0.05) is 29.8 Å². The lowest BCUT2D eigenvalue weighted by Gasteiger charge is -2.01. The van der Waals surface area contributed by atoms with E-state index in [0.29, 0.717) is 5.02 Å². The topological polar surface area (TPSA) is 41.8 Å². The Morgan fingerprint density at radius 1 is 1.16 bits per heavy atom. The number of nitrogens with one attached hydrogen (secondary N) is 1. The molecular formula is C15H9ClN2O. The van der Waals surface area contributed by atoms with Gasteiger partial charge in [-0.05, 0) is 18.2 Å². The third-order valence-corrected chi connectivity index (χ3v) is 3.50. The quantitative estimate of drug-likeness (QED) is 0.547. The molecule has 0 unspecified atom stereocenters.